The van der Waals surface area contributed by atoms with Gasteiger partial charge in [-0.05, 0) is 26.8 Å². The standard InChI is InChI=1S/C20H24FN3O6/c1-10-7-23(8-11(2)28-10)16-13(19-26-4-5-27-19)6-14-17(15(16)21)30-22-18(14)24-9-12(3)29-20(24)25/h6,10-12,19H,4-5,7-9H2,1-3H3/t10-,11+,12-/m1/s1. The van der Waals surface area contributed by atoms with E-state index in [9.17, 15) is 4.79 Å². The highest BCUT2D eigenvalue weighted by Crippen LogP contribution is 2.42. The van der Waals surface area contributed by atoms with E-state index in [1.54, 1.807) is 13.0 Å². The van der Waals surface area contributed by atoms with E-state index in [2.05, 4.69) is 5.16 Å². The number of morpholine rings is 1. The Hall–Kier alpha value is -2.43. The van der Waals surface area contributed by atoms with Crippen LogP contribution in [-0.4, -0.2) is 62.4 Å². The topological polar surface area (TPSA) is 86.5 Å². The first-order chi connectivity index (χ1) is 14.4. The van der Waals surface area contributed by atoms with Gasteiger partial charge in [-0.2, -0.15) is 0 Å². The minimum absolute atomic E-state index is 0.0131. The fourth-order valence-electron chi connectivity index (χ4n) is 4.41. The molecule has 162 valence electrons. The van der Waals surface area contributed by atoms with Crippen LogP contribution in [0.5, 0.6) is 0 Å². The van der Waals surface area contributed by atoms with Gasteiger partial charge in [0.25, 0.3) is 0 Å². The van der Waals surface area contributed by atoms with Crippen molar-refractivity contribution in [3.05, 3.63) is 17.4 Å². The first-order valence-electron chi connectivity index (χ1n) is 10.2. The molecule has 0 N–H and O–H groups in total. The molecule has 3 saturated heterocycles. The van der Waals surface area contributed by atoms with E-state index in [1.165, 1.54) is 4.90 Å². The van der Waals surface area contributed by atoms with E-state index < -0.39 is 18.2 Å². The number of fused-ring (bicyclic) bond motifs is 1. The second kappa shape index (κ2) is 7.36. The van der Waals surface area contributed by atoms with Gasteiger partial charge < -0.3 is 28.4 Å². The predicted molar refractivity (Wildman–Crippen MR) is 104 cm³/mol. The molecule has 3 aliphatic heterocycles. The van der Waals surface area contributed by atoms with Crippen molar-refractivity contribution in [1.29, 1.82) is 0 Å². The third-order valence-corrected chi connectivity index (χ3v) is 5.52. The average molecular weight is 421 g/mol. The van der Waals surface area contributed by atoms with Gasteiger partial charge >= 0.3 is 6.09 Å². The number of rotatable bonds is 3. The summed E-state index contributed by atoms with van der Waals surface area (Å²) in [4.78, 5) is 15.5. The maximum Gasteiger partial charge on any atom is 0.416 e. The van der Waals surface area contributed by atoms with Crippen molar-refractivity contribution < 1.29 is 32.7 Å². The zero-order valence-electron chi connectivity index (χ0n) is 17.1. The molecule has 0 bridgehead atoms. The molecule has 3 aliphatic rings. The first kappa shape index (κ1) is 19.5. The van der Waals surface area contributed by atoms with E-state index in [0.29, 0.717) is 49.5 Å². The lowest BCUT2D eigenvalue weighted by Gasteiger charge is -2.38. The van der Waals surface area contributed by atoms with Gasteiger partial charge in [-0.1, -0.05) is 5.16 Å². The Morgan fingerprint density at radius 1 is 1.07 bits per heavy atom. The van der Waals surface area contributed by atoms with Gasteiger partial charge in [-0.15, -0.1) is 0 Å². The maximum atomic E-state index is 15.8. The lowest BCUT2D eigenvalue weighted by atomic mass is 10.0. The highest BCUT2D eigenvalue weighted by molar-refractivity contribution is 6.00. The Labute approximate surface area is 172 Å². The zero-order valence-corrected chi connectivity index (χ0v) is 17.1. The second-order valence-corrected chi connectivity index (χ2v) is 8.05. The Kier molecular flexibility index (Phi) is 4.79. The number of carbonyl (C=O) groups excluding carboxylic acids is 1. The van der Waals surface area contributed by atoms with E-state index in [1.807, 2.05) is 18.7 Å². The molecule has 0 saturated carbocycles. The summed E-state index contributed by atoms with van der Waals surface area (Å²) < 4.78 is 43.6. The van der Waals surface area contributed by atoms with Gasteiger partial charge in [0.2, 0.25) is 5.58 Å². The summed E-state index contributed by atoms with van der Waals surface area (Å²) in [6.45, 7) is 7.88. The minimum atomic E-state index is -0.709. The SMILES string of the molecule is C[C@@H]1CN(c2noc3c(F)c(N4C[C@@H](C)O[C@@H](C)C4)c(C4OCCO4)cc23)C(=O)O1. The molecule has 9 nitrogen and oxygen atoms in total. The number of amides is 1. The first-order valence-corrected chi connectivity index (χ1v) is 10.2. The lowest BCUT2D eigenvalue weighted by Crippen LogP contribution is -2.46. The molecule has 1 amide bonds. The van der Waals surface area contributed by atoms with Gasteiger partial charge in [0, 0.05) is 18.7 Å². The van der Waals surface area contributed by atoms with Crippen molar-refractivity contribution in [3.8, 4) is 0 Å². The Morgan fingerprint density at radius 2 is 1.77 bits per heavy atom. The van der Waals surface area contributed by atoms with Gasteiger partial charge in [-0.25, -0.2) is 9.18 Å². The van der Waals surface area contributed by atoms with Crippen LogP contribution in [0.15, 0.2) is 10.6 Å². The molecule has 4 heterocycles. The number of benzene rings is 1. The number of hydrogen-bond donors (Lipinski definition) is 0. The molecular formula is C20H24FN3O6. The van der Waals surface area contributed by atoms with Gasteiger partial charge in [0.05, 0.1) is 43.0 Å². The third kappa shape index (κ3) is 3.19. The van der Waals surface area contributed by atoms with Crippen LogP contribution in [0.3, 0.4) is 0 Å². The van der Waals surface area contributed by atoms with Crippen molar-refractivity contribution in [2.24, 2.45) is 0 Å². The average Bonchev–Trinajstić information content (AvgIpc) is 3.40. The summed E-state index contributed by atoms with van der Waals surface area (Å²) >= 11 is 0. The molecule has 0 radical (unpaired) electrons. The van der Waals surface area contributed by atoms with Crippen molar-refractivity contribution in [1.82, 2.24) is 5.16 Å². The summed E-state index contributed by atoms with van der Waals surface area (Å²) in [6, 6.07) is 1.75. The summed E-state index contributed by atoms with van der Waals surface area (Å²) in [5, 5.41) is 4.37. The minimum Gasteiger partial charge on any atom is -0.444 e. The molecule has 3 fully saturated rings. The van der Waals surface area contributed by atoms with E-state index in [4.69, 9.17) is 23.5 Å². The largest absolute Gasteiger partial charge is 0.444 e. The van der Waals surface area contributed by atoms with Gasteiger partial charge in [-0.3, -0.25) is 4.90 Å². The number of halogens is 1. The number of nitrogens with zero attached hydrogens (tertiary/aromatic N) is 3. The molecule has 3 atom stereocenters. The van der Waals surface area contributed by atoms with Crippen LogP contribution >= 0.6 is 0 Å². The zero-order chi connectivity index (χ0) is 21.0. The van der Waals surface area contributed by atoms with Crippen LogP contribution in [0.25, 0.3) is 11.0 Å². The Morgan fingerprint density at radius 3 is 2.40 bits per heavy atom. The molecular weight excluding hydrogens is 397 g/mol. The molecule has 10 heteroatoms. The molecule has 0 spiro atoms. The monoisotopic (exact) mass is 421 g/mol. The second-order valence-electron chi connectivity index (χ2n) is 8.05. The molecule has 0 aliphatic carbocycles. The molecule has 1 aromatic carbocycles. The van der Waals surface area contributed by atoms with E-state index >= 15 is 4.39 Å². The van der Waals surface area contributed by atoms with Crippen LogP contribution in [0.2, 0.25) is 0 Å². The number of cyclic esters (lactones) is 1. The molecule has 2 aromatic rings. The van der Waals surface area contributed by atoms with E-state index in [-0.39, 0.29) is 29.7 Å². The van der Waals surface area contributed by atoms with Crippen LogP contribution in [0.4, 0.5) is 20.7 Å². The number of hydrogen-bond acceptors (Lipinski definition) is 8. The third-order valence-electron chi connectivity index (χ3n) is 5.52. The summed E-state index contributed by atoms with van der Waals surface area (Å²) in [5.74, 6) is -0.324. The number of carbonyl (C=O) groups is 1. The number of aromatic nitrogens is 1. The maximum absolute atomic E-state index is 15.8. The normalized spacial score (nSPS) is 28.0. The van der Waals surface area contributed by atoms with E-state index in [0.717, 1.165) is 0 Å². The summed E-state index contributed by atoms with van der Waals surface area (Å²) in [5.41, 5.74) is 0.890. The fraction of sp³-hybridized carbons (Fsp3) is 0.600. The molecule has 1 aromatic heterocycles. The van der Waals surface area contributed by atoms with Crippen molar-refractivity contribution in [3.63, 3.8) is 0 Å². The highest BCUT2D eigenvalue weighted by Gasteiger charge is 2.37. The van der Waals surface area contributed by atoms with Crippen LogP contribution in [0, 0.1) is 5.82 Å². The number of anilines is 2. The summed E-state index contributed by atoms with van der Waals surface area (Å²) in [6.07, 6.45) is -1.65. The summed E-state index contributed by atoms with van der Waals surface area (Å²) in [7, 11) is 0. The molecule has 5 rings (SSSR count). The van der Waals surface area contributed by atoms with Crippen LogP contribution in [-0.2, 0) is 18.9 Å². The lowest BCUT2D eigenvalue weighted by molar-refractivity contribution is -0.0445. The highest BCUT2D eigenvalue weighted by atomic mass is 19.1. The number of ether oxygens (including phenoxy) is 4. The van der Waals surface area contributed by atoms with Gasteiger partial charge in [0.15, 0.2) is 17.9 Å². The van der Waals surface area contributed by atoms with Crippen molar-refractivity contribution in [2.75, 3.05) is 42.6 Å². The molecule has 0 unspecified atom stereocenters. The van der Waals surface area contributed by atoms with Crippen LogP contribution in [0.1, 0.15) is 32.6 Å². The van der Waals surface area contributed by atoms with Crippen molar-refractivity contribution >= 4 is 28.6 Å². The Bertz CT molecular complexity index is 965. The fourth-order valence-corrected chi connectivity index (χ4v) is 4.41. The Balaban J connectivity index is 1.65. The smallest absolute Gasteiger partial charge is 0.416 e. The quantitative estimate of drug-likeness (QED) is 0.748. The van der Waals surface area contributed by atoms with Crippen molar-refractivity contribution in [2.45, 2.75) is 45.4 Å². The molecule has 30 heavy (non-hydrogen) atoms. The van der Waals surface area contributed by atoms with Gasteiger partial charge in [0.1, 0.15) is 6.10 Å². The predicted octanol–water partition coefficient (Wildman–Crippen LogP) is 2.97. The van der Waals surface area contributed by atoms with Crippen LogP contribution < -0.4 is 9.80 Å².